The smallest absolute Gasteiger partial charge is 0.263 e. The Morgan fingerprint density at radius 3 is 2.39 bits per heavy atom. The highest BCUT2D eigenvalue weighted by atomic mass is 35.5. The molecule has 1 N–H and O–H groups in total. The minimum Gasteiger partial charge on any atom is -0.497 e. The predicted molar refractivity (Wildman–Crippen MR) is 106 cm³/mol. The lowest BCUT2D eigenvalue weighted by molar-refractivity contribution is -0.134. The van der Waals surface area contributed by atoms with E-state index in [1.807, 2.05) is 24.3 Å². The summed E-state index contributed by atoms with van der Waals surface area (Å²) in [5.74, 6) is 1.67. The molecule has 28 heavy (non-hydrogen) atoms. The predicted octanol–water partition coefficient (Wildman–Crippen LogP) is 4.48. The first-order chi connectivity index (χ1) is 13.4. The van der Waals surface area contributed by atoms with Gasteiger partial charge in [-0.2, -0.15) is 0 Å². The van der Waals surface area contributed by atoms with Gasteiger partial charge in [0.2, 0.25) is 0 Å². The molecule has 0 aliphatic heterocycles. The van der Waals surface area contributed by atoms with Crippen LogP contribution in [0.25, 0.3) is 11.3 Å². The standard InChI is InChI=1S/C21H21ClN2O4/c1-21(2,27-18-10-6-15(22)7-11-18)20(25)23-13-16-12-19(28-24-16)14-4-8-17(26-3)9-5-14/h4-12H,13H2,1-3H3,(H,23,25). The Hall–Kier alpha value is -2.99. The van der Waals surface area contributed by atoms with Crippen molar-refractivity contribution in [2.45, 2.75) is 26.0 Å². The third-order valence-corrected chi connectivity index (χ3v) is 4.35. The molecule has 7 heteroatoms. The number of amides is 1. The van der Waals surface area contributed by atoms with E-state index in [0.29, 0.717) is 22.2 Å². The van der Waals surface area contributed by atoms with E-state index in [1.165, 1.54) is 0 Å². The van der Waals surface area contributed by atoms with E-state index < -0.39 is 5.60 Å². The first kappa shape index (κ1) is 19.8. The molecular weight excluding hydrogens is 380 g/mol. The summed E-state index contributed by atoms with van der Waals surface area (Å²) in [4.78, 5) is 12.5. The van der Waals surface area contributed by atoms with E-state index in [4.69, 9.17) is 25.6 Å². The van der Waals surface area contributed by atoms with Gasteiger partial charge in [-0.1, -0.05) is 16.8 Å². The van der Waals surface area contributed by atoms with Crippen LogP contribution in [-0.4, -0.2) is 23.8 Å². The van der Waals surface area contributed by atoms with E-state index >= 15 is 0 Å². The molecule has 1 heterocycles. The molecule has 2 aromatic carbocycles. The number of aromatic nitrogens is 1. The lowest BCUT2D eigenvalue weighted by Gasteiger charge is -2.25. The Kier molecular flexibility index (Phi) is 5.90. The summed E-state index contributed by atoms with van der Waals surface area (Å²) in [5.41, 5.74) is 0.426. The van der Waals surface area contributed by atoms with Crippen LogP contribution in [0.3, 0.4) is 0 Å². The number of methoxy groups -OCH3 is 1. The van der Waals surface area contributed by atoms with Crippen molar-refractivity contribution in [3.05, 3.63) is 65.3 Å². The van der Waals surface area contributed by atoms with Crippen LogP contribution in [0, 0.1) is 0 Å². The monoisotopic (exact) mass is 400 g/mol. The van der Waals surface area contributed by atoms with Crippen molar-refractivity contribution in [3.8, 4) is 22.8 Å². The molecule has 1 amide bonds. The summed E-state index contributed by atoms with van der Waals surface area (Å²) in [7, 11) is 1.61. The molecule has 0 unspecified atom stereocenters. The molecule has 3 aromatic rings. The second-order valence-corrected chi connectivity index (χ2v) is 7.10. The van der Waals surface area contributed by atoms with Gasteiger partial charge in [-0.15, -0.1) is 0 Å². The number of benzene rings is 2. The van der Waals surface area contributed by atoms with Gasteiger partial charge in [0.15, 0.2) is 11.4 Å². The number of nitrogens with zero attached hydrogens (tertiary/aromatic N) is 1. The topological polar surface area (TPSA) is 73.6 Å². The number of carbonyl (C=O) groups is 1. The van der Waals surface area contributed by atoms with Crippen LogP contribution in [0.4, 0.5) is 0 Å². The second kappa shape index (κ2) is 8.35. The van der Waals surface area contributed by atoms with E-state index in [9.17, 15) is 4.79 Å². The molecule has 146 valence electrons. The molecule has 0 fully saturated rings. The van der Waals surface area contributed by atoms with Crippen molar-refractivity contribution < 1.29 is 18.8 Å². The zero-order valence-corrected chi connectivity index (χ0v) is 16.6. The molecule has 0 bridgehead atoms. The SMILES string of the molecule is COc1ccc(-c2cc(CNC(=O)C(C)(C)Oc3ccc(Cl)cc3)no2)cc1. The first-order valence-corrected chi connectivity index (χ1v) is 9.08. The number of carbonyl (C=O) groups excluding carboxylic acids is 1. The van der Waals surface area contributed by atoms with Gasteiger partial charge in [0.1, 0.15) is 17.2 Å². The zero-order valence-electron chi connectivity index (χ0n) is 15.9. The molecule has 0 atom stereocenters. The minimum absolute atomic E-state index is 0.228. The van der Waals surface area contributed by atoms with Gasteiger partial charge in [0.25, 0.3) is 5.91 Å². The van der Waals surface area contributed by atoms with Crippen molar-refractivity contribution in [3.63, 3.8) is 0 Å². The van der Waals surface area contributed by atoms with Gasteiger partial charge < -0.3 is 19.3 Å². The van der Waals surface area contributed by atoms with Crippen LogP contribution in [0.15, 0.2) is 59.1 Å². The number of nitrogens with one attached hydrogen (secondary N) is 1. The van der Waals surface area contributed by atoms with Gasteiger partial charge in [0, 0.05) is 16.7 Å². The quantitative estimate of drug-likeness (QED) is 0.633. The largest absolute Gasteiger partial charge is 0.497 e. The van der Waals surface area contributed by atoms with Gasteiger partial charge in [-0.3, -0.25) is 4.79 Å². The molecule has 3 rings (SSSR count). The lowest BCUT2D eigenvalue weighted by atomic mass is 10.1. The Morgan fingerprint density at radius 2 is 1.75 bits per heavy atom. The fourth-order valence-electron chi connectivity index (χ4n) is 2.51. The van der Waals surface area contributed by atoms with Gasteiger partial charge in [-0.05, 0) is 62.4 Å². The number of ether oxygens (including phenoxy) is 2. The summed E-state index contributed by atoms with van der Waals surface area (Å²) >= 11 is 5.87. The van der Waals surface area contributed by atoms with Gasteiger partial charge in [0.05, 0.1) is 13.7 Å². The third-order valence-electron chi connectivity index (χ3n) is 4.10. The van der Waals surface area contributed by atoms with E-state index in [-0.39, 0.29) is 12.5 Å². The van der Waals surface area contributed by atoms with E-state index in [2.05, 4.69) is 10.5 Å². The number of halogens is 1. The molecule has 0 aliphatic carbocycles. The molecular formula is C21H21ClN2O4. The van der Waals surface area contributed by atoms with Crippen LogP contribution >= 0.6 is 11.6 Å². The Bertz CT molecular complexity index is 934. The molecule has 1 aromatic heterocycles. The van der Waals surface area contributed by atoms with Crippen LogP contribution in [-0.2, 0) is 11.3 Å². The Morgan fingerprint density at radius 1 is 1.11 bits per heavy atom. The molecule has 0 aliphatic rings. The normalized spacial score (nSPS) is 11.1. The highest BCUT2D eigenvalue weighted by Gasteiger charge is 2.30. The summed E-state index contributed by atoms with van der Waals surface area (Å²) in [6.07, 6.45) is 0. The fraction of sp³-hybridized carbons (Fsp3) is 0.238. The first-order valence-electron chi connectivity index (χ1n) is 8.70. The Labute approximate surface area is 168 Å². The van der Waals surface area contributed by atoms with Crippen molar-refractivity contribution in [2.24, 2.45) is 0 Å². The maximum atomic E-state index is 12.5. The second-order valence-electron chi connectivity index (χ2n) is 6.66. The summed E-state index contributed by atoms with van der Waals surface area (Å²) < 4.78 is 16.3. The number of rotatable bonds is 7. The average molecular weight is 401 g/mol. The summed E-state index contributed by atoms with van der Waals surface area (Å²) in [6.45, 7) is 3.62. The molecule has 0 saturated heterocycles. The zero-order chi connectivity index (χ0) is 20.1. The maximum absolute atomic E-state index is 12.5. The minimum atomic E-state index is -1.06. The van der Waals surface area contributed by atoms with E-state index in [1.54, 1.807) is 51.3 Å². The van der Waals surface area contributed by atoms with Crippen molar-refractivity contribution in [2.75, 3.05) is 7.11 Å². The lowest BCUT2D eigenvalue weighted by Crippen LogP contribution is -2.46. The van der Waals surface area contributed by atoms with Crippen LogP contribution in [0.5, 0.6) is 11.5 Å². The maximum Gasteiger partial charge on any atom is 0.263 e. The van der Waals surface area contributed by atoms with Gasteiger partial charge in [-0.25, -0.2) is 0 Å². The third kappa shape index (κ3) is 4.84. The molecule has 0 saturated carbocycles. The van der Waals surface area contributed by atoms with Crippen LogP contribution < -0.4 is 14.8 Å². The highest BCUT2D eigenvalue weighted by Crippen LogP contribution is 2.24. The van der Waals surface area contributed by atoms with Crippen molar-refractivity contribution >= 4 is 17.5 Å². The number of hydrogen-bond acceptors (Lipinski definition) is 5. The van der Waals surface area contributed by atoms with Crippen molar-refractivity contribution in [1.29, 1.82) is 0 Å². The van der Waals surface area contributed by atoms with Crippen LogP contribution in [0.2, 0.25) is 5.02 Å². The fourth-order valence-corrected chi connectivity index (χ4v) is 2.64. The molecule has 6 nitrogen and oxygen atoms in total. The summed E-state index contributed by atoms with van der Waals surface area (Å²) in [5, 5.41) is 7.43. The van der Waals surface area contributed by atoms with Crippen LogP contribution in [0.1, 0.15) is 19.5 Å². The molecule has 0 radical (unpaired) electrons. The molecule has 0 spiro atoms. The van der Waals surface area contributed by atoms with Crippen molar-refractivity contribution in [1.82, 2.24) is 10.5 Å². The summed E-state index contributed by atoms with van der Waals surface area (Å²) in [6, 6.07) is 16.1. The number of hydrogen-bond donors (Lipinski definition) is 1. The van der Waals surface area contributed by atoms with Gasteiger partial charge >= 0.3 is 0 Å². The van der Waals surface area contributed by atoms with E-state index in [0.717, 1.165) is 11.3 Å². The highest BCUT2D eigenvalue weighted by molar-refractivity contribution is 6.30. The average Bonchev–Trinajstić information content (AvgIpc) is 3.17. The Balaban J connectivity index is 1.59.